The molecule has 0 aliphatic carbocycles. The van der Waals surface area contributed by atoms with Crippen LogP contribution in [-0.2, 0) is 11.2 Å². The molecule has 0 unspecified atom stereocenters. The molecule has 0 saturated heterocycles. The molecule has 0 aliphatic rings. The van der Waals surface area contributed by atoms with E-state index in [1.165, 1.54) is 31.2 Å². The van der Waals surface area contributed by atoms with E-state index in [-0.39, 0.29) is 0 Å². The van der Waals surface area contributed by atoms with E-state index in [2.05, 4.69) is 17.1 Å². The third-order valence-corrected chi connectivity index (χ3v) is 2.83. The van der Waals surface area contributed by atoms with Gasteiger partial charge in [0.25, 0.3) is 0 Å². The van der Waals surface area contributed by atoms with Gasteiger partial charge in [-0.1, -0.05) is 30.5 Å². The van der Waals surface area contributed by atoms with Gasteiger partial charge in [-0.2, -0.15) is 0 Å². The molecule has 17 heavy (non-hydrogen) atoms. The number of unbranched alkanes of at least 4 members (excludes halogenated alkanes) is 4. The van der Waals surface area contributed by atoms with E-state index in [9.17, 15) is 0 Å². The number of nitrogens with zero attached hydrogens (tertiary/aromatic N) is 1. The number of hydrogen-bond donors (Lipinski definition) is 0. The molecule has 0 saturated carbocycles. The zero-order valence-corrected chi connectivity index (χ0v) is 11.1. The lowest BCUT2D eigenvalue weighted by atomic mass is 10.1. The standard InChI is InChI=1S/C14H20ClNO/c1-17-11-7-5-3-2-4-6-8-13-9-10-14(15)16-12-13/h7,9-12H,2-6,8H2,1H3. The van der Waals surface area contributed by atoms with E-state index in [0.717, 1.165) is 12.8 Å². The van der Waals surface area contributed by atoms with E-state index >= 15 is 0 Å². The summed E-state index contributed by atoms with van der Waals surface area (Å²) in [6, 6.07) is 3.91. The first kappa shape index (κ1) is 14.0. The molecule has 0 amide bonds. The molecule has 1 rings (SSSR count). The number of hydrogen-bond acceptors (Lipinski definition) is 2. The Labute approximate surface area is 109 Å². The molecule has 2 nitrogen and oxygen atoms in total. The van der Waals surface area contributed by atoms with Crippen molar-refractivity contribution >= 4 is 11.6 Å². The van der Waals surface area contributed by atoms with Crippen LogP contribution in [0.25, 0.3) is 0 Å². The first-order valence-electron chi connectivity index (χ1n) is 6.11. The molecule has 0 atom stereocenters. The van der Waals surface area contributed by atoms with Crippen molar-refractivity contribution in [1.29, 1.82) is 0 Å². The molecule has 1 aromatic rings. The number of aryl methyl sites for hydroxylation is 1. The fraction of sp³-hybridized carbons (Fsp3) is 0.500. The fourth-order valence-corrected chi connectivity index (χ4v) is 1.78. The second kappa shape index (κ2) is 9.06. The normalized spacial score (nSPS) is 10.9. The van der Waals surface area contributed by atoms with Gasteiger partial charge < -0.3 is 4.74 Å². The molecule has 0 fully saturated rings. The zero-order valence-electron chi connectivity index (χ0n) is 10.4. The molecule has 0 radical (unpaired) electrons. The third-order valence-electron chi connectivity index (χ3n) is 2.61. The van der Waals surface area contributed by atoms with Gasteiger partial charge in [-0.3, -0.25) is 0 Å². The van der Waals surface area contributed by atoms with Gasteiger partial charge in [0.1, 0.15) is 5.15 Å². The monoisotopic (exact) mass is 253 g/mol. The van der Waals surface area contributed by atoms with Crippen molar-refractivity contribution in [1.82, 2.24) is 4.98 Å². The van der Waals surface area contributed by atoms with Crippen molar-refractivity contribution in [2.45, 2.75) is 38.5 Å². The van der Waals surface area contributed by atoms with Crippen molar-refractivity contribution in [3.05, 3.63) is 41.4 Å². The van der Waals surface area contributed by atoms with E-state index in [1.807, 2.05) is 12.3 Å². The first-order valence-corrected chi connectivity index (χ1v) is 6.49. The predicted octanol–water partition coefficient (Wildman–Crippen LogP) is 4.39. The quantitative estimate of drug-likeness (QED) is 0.389. The molecular weight excluding hydrogens is 234 g/mol. The minimum atomic E-state index is 0.568. The van der Waals surface area contributed by atoms with Crippen molar-refractivity contribution in [3.8, 4) is 0 Å². The lowest BCUT2D eigenvalue weighted by Crippen LogP contribution is -1.87. The first-order chi connectivity index (χ1) is 8.33. The van der Waals surface area contributed by atoms with E-state index in [1.54, 1.807) is 13.4 Å². The molecule has 3 heteroatoms. The highest BCUT2D eigenvalue weighted by molar-refractivity contribution is 6.29. The van der Waals surface area contributed by atoms with Crippen molar-refractivity contribution in [2.24, 2.45) is 0 Å². The summed E-state index contributed by atoms with van der Waals surface area (Å²) in [4.78, 5) is 4.07. The molecule has 1 heterocycles. The Bertz CT molecular complexity index is 321. The highest BCUT2D eigenvalue weighted by Gasteiger charge is 1.94. The molecule has 0 N–H and O–H groups in total. The van der Waals surface area contributed by atoms with Crippen molar-refractivity contribution in [3.63, 3.8) is 0 Å². The number of methoxy groups -OCH3 is 1. The molecule has 0 bridgehead atoms. The Balaban J connectivity index is 2.01. The topological polar surface area (TPSA) is 22.1 Å². The molecule has 1 aromatic heterocycles. The average molecular weight is 254 g/mol. The number of halogens is 1. The van der Waals surface area contributed by atoms with Crippen LogP contribution in [0.1, 0.15) is 37.7 Å². The van der Waals surface area contributed by atoms with Crippen LogP contribution in [0.5, 0.6) is 0 Å². The highest BCUT2D eigenvalue weighted by Crippen LogP contribution is 2.10. The van der Waals surface area contributed by atoms with Crippen LogP contribution in [-0.4, -0.2) is 12.1 Å². The molecular formula is C14H20ClNO. The van der Waals surface area contributed by atoms with Crippen LogP contribution in [0, 0.1) is 0 Å². The van der Waals surface area contributed by atoms with E-state index < -0.39 is 0 Å². The largest absolute Gasteiger partial charge is 0.505 e. The summed E-state index contributed by atoms with van der Waals surface area (Å²) < 4.78 is 4.84. The highest BCUT2D eigenvalue weighted by atomic mass is 35.5. The molecule has 94 valence electrons. The summed E-state index contributed by atoms with van der Waals surface area (Å²) in [6.45, 7) is 0. The van der Waals surface area contributed by atoms with Crippen molar-refractivity contribution < 1.29 is 4.74 Å². The number of pyridine rings is 1. The SMILES string of the molecule is COC=CCCCCCCc1ccc(Cl)nc1. The predicted molar refractivity (Wildman–Crippen MR) is 72.2 cm³/mol. The number of rotatable bonds is 8. The summed E-state index contributed by atoms with van der Waals surface area (Å²) in [7, 11) is 1.68. The second-order valence-electron chi connectivity index (χ2n) is 4.05. The van der Waals surface area contributed by atoms with E-state index in [4.69, 9.17) is 16.3 Å². The minimum absolute atomic E-state index is 0.568. The molecule has 0 spiro atoms. The van der Waals surface area contributed by atoms with Crippen LogP contribution < -0.4 is 0 Å². The Morgan fingerprint density at radius 1 is 1.24 bits per heavy atom. The Morgan fingerprint density at radius 2 is 2.06 bits per heavy atom. The Kier molecular flexibility index (Phi) is 7.48. The van der Waals surface area contributed by atoms with Gasteiger partial charge in [0.15, 0.2) is 0 Å². The lowest BCUT2D eigenvalue weighted by Gasteiger charge is -2.01. The van der Waals surface area contributed by atoms with Crippen molar-refractivity contribution in [2.75, 3.05) is 7.11 Å². The zero-order chi connectivity index (χ0) is 12.3. The van der Waals surface area contributed by atoms with Gasteiger partial charge in [-0.25, -0.2) is 4.98 Å². The van der Waals surface area contributed by atoms with E-state index in [0.29, 0.717) is 5.15 Å². The van der Waals surface area contributed by atoms with Crippen LogP contribution in [0.3, 0.4) is 0 Å². The summed E-state index contributed by atoms with van der Waals surface area (Å²) in [5, 5.41) is 0.568. The summed E-state index contributed by atoms with van der Waals surface area (Å²) in [5.74, 6) is 0. The van der Waals surface area contributed by atoms with Gasteiger partial charge in [0.05, 0.1) is 13.4 Å². The number of ether oxygens (including phenoxy) is 1. The third kappa shape index (κ3) is 7.01. The maximum Gasteiger partial charge on any atom is 0.129 e. The van der Waals surface area contributed by atoms with Crippen LogP contribution >= 0.6 is 11.6 Å². The lowest BCUT2D eigenvalue weighted by molar-refractivity contribution is 0.336. The minimum Gasteiger partial charge on any atom is -0.505 e. The van der Waals surface area contributed by atoms with Crippen LogP contribution in [0.2, 0.25) is 5.15 Å². The summed E-state index contributed by atoms with van der Waals surface area (Å²) in [6.07, 6.45) is 12.9. The second-order valence-corrected chi connectivity index (χ2v) is 4.44. The van der Waals surface area contributed by atoms with Gasteiger partial charge in [-0.15, -0.1) is 0 Å². The maximum absolute atomic E-state index is 5.73. The molecule has 0 aromatic carbocycles. The van der Waals surface area contributed by atoms with Gasteiger partial charge in [0.2, 0.25) is 0 Å². The van der Waals surface area contributed by atoms with Gasteiger partial charge in [0, 0.05) is 6.20 Å². The number of aromatic nitrogens is 1. The maximum atomic E-state index is 5.73. The number of allylic oxidation sites excluding steroid dienone is 1. The van der Waals surface area contributed by atoms with Crippen LogP contribution in [0.4, 0.5) is 0 Å². The Hall–Kier alpha value is -1.02. The summed E-state index contributed by atoms with van der Waals surface area (Å²) in [5.41, 5.74) is 1.27. The smallest absolute Gasteiger partial charge is 0.129 e. The Morgan fingerprint density at radius 3 is 2.76 bits per heavy atom. The van der Waals surface area contributed by atoms with Gasteiger partial charge in [-0.05, 0) is 43.4 Å². The average Bonchev–Trinajstić information content (AvgIpc) is 2.35. The molecule has 0 aliphatic heterocycles. The fourth-order valence-electron chi connectivity index (χ4n) is 1.66. The van der Waals surface area contributed by atoms with Crippen LogP contribution in [0.15, 0.2) is 30.7 Å². The summed E-state index contributed by atoms with van der Waals surface area (Å²) >= 11 is 5.73. The van der Waals surface area contributed by atoms with Gasteiger partial charge >= 0.3 is 0 Å².